The van der Waals surface area contributed by atoms with Crippen molar-refractivity contribution in [1.29, 1.82) is 0 Å². The molecular weight excluding hydrogens is 355 g/mol. The summed E-state index contributed by atoms with van der Waals surface area (Å²) < 4.78 is 43.5. The largest absolute Gasteiger partial charge is 0.493 e. The fraction of sp³-hybridized carbons (Fsp3) is 0.286. The predicted octanol–water partition coefficient (Wildman–Crippen LogP) is 4.26. The Morgan fingerprint density at radius 3 is 2.67 bits per heavy atom. The number of carbonyl (C=O) groups excluding carboxylic acids is 1. The van der Waals surface area contributed by atoms with Crippen LogP contribution in [0.2, 0.25) is 0 Å². The molecule has 0 aliphatic rings. The molecule has 2 rings (SSSR count). The van der Waals surface area contributed by atoms with E-state index in [1.807, 2.05) is 32.0 Å². The number of nitrogens with one attached hydrogen (secondary N) is 1. The molecule has 142 valence electrons. The monoisotopic (exact) mass is 375 g/mol. The van der Waals surface area contributed by atoms with Crippen molar-refractivity contribution in [1.82, 2.24) is 5.32 Å². The van der Waals surface area contributed by atoms with Gasteiger partial charge in [-0.15, -0.1) is 0 Å². The van der Waals surface area contributed by atoms with Crippen molar-refractivity contribution in [3.8, 4) is 17.6 Å². The van der Waals surface area contributed by atoms with Gasteiger partial charge < -0.3 is 10.1 Å². The zero-order chi connectivity index (χ0) is 19.9. The lowest BCUT2D eigenvalue weighted by molar-refractivity contribution is -0.137. The lowest BCUT2D eigenvalue weighted by atomic mass is 10.1. The molecular formula is C21H20F3NO2. The summed E-state index contributed by atoms with van der Waals surface area (Å²) in [5, 5.41) is 2.60. The molecule has 0 atom stereocenters. The van der Waals surface area contributed by atoms with E-state index in [1.54, 1.807) is 0 Å². The van der Waals surface area contributed by atoms with E-state index < -0.39 is 11.7 Å². The maximum Gasteiger partial charge on any atom is 0.416 e. The third-order valence-corrected chi connectivity index (χ3v) is 3.73. The van der Waals surface area contributed by atoms with Crippen LogP contribution in [0.25, 0.3) is 0 Å². The molecule has 0 aliphatic heterocycles. The highest BCUT2D eigenvalue weighted by atomic mass is 19.4. The zero-order valence-electron chi connectivity index (χ0n) is 15.1. The minimum Gasteiger partial charge on any atom is -0.493 e. The first-order valence-electron chi connectivity index (χ1n) is 8.38. The molecule has 27 heavy (non-hydrogen) atoms. The Morgan fingerprint density at radius 2 is 1.93 bits per heavy atom. The first kappa shape index (κ1) is 20.4. The fourth-order valence-electron chi connectivity index (χ4n) is 2.27. The van der Waals surface area contributed by atoms with E-state index in [4.69, 9.17) is 4.74 Å². The van der Waals surface area contributed by atoms with Crippen LogP contribution in [-0.2, 0) is 11.0 Å². The van der Waals surface area contributed by atoms with Gasteiger partial charge >= 0.3 is 6.18 Å². The summed E-state index contributed by atoms with van der Waals surface area (Å²) >= 11 is 0. The van der Waals surface area contributed by atoms with Gasteiger partial charge in [-0.2, -0.15) is 13.2 Å². The predicted molar refractivity (Wildman–Crippen MR) is 97.4 cm³/mol. The van der Waals surface area contributed by atoms with Gasteiger partial charge in [-0.3, -0.25) is 4.79 Å². The Labute approximate surface area is 156 Å². The van der Waals surface area contributed by atoms with E-state index in [0.717, 1.165) is 29.0 Å². The quantitative estimate of drug-likeness (QED) is 0.793. The lowest BCUT2D eigenvalue weighted by Crippen LogP contribution is -2.25. The van der Waals surface area contributed by atoms with Crippen LogP contribution in [0.3, 0.4) is 0 Å². The van der Waals surface area contributed by atoms with E-state index in [1.165, 1.54) is 12.1 Å². The number of hydrogen-bond donors (Lipinski definition) is 1. The molecule has 0 aromatic heterocycles. The second kappa shape index (κ2) is 9.13. The molecule has 0 fully saturated rings. The van der Waals surface area contributed by atoms with Crippen LogP contribution in [0, 0.1) is 25.7 Å². The van der Waals surface area contributed by atoms with Gasteiger partial charge in [0.25, 0.3) is 0 Å². The number of carbonyl (C=O) groups is 1. The number of alkyl halides is 3. The van der Waals surface area contributed by atoms with Crippen LogP contribution in [0.15, 0.2) is 42.5 Å². The number of aryl methyl sites for hydroxylation is 2. The Morgan fingerprint density at radius 1 is 1.15 bits per heavy atom. The summed E-state index contributed by atoms with van der Waals surface area (Å²) in [6.45, 7) is 4.18. The van der Waals surface area contributed by atoms with Crippen molar-refractivity contribution in [2.24, 2.45) is 0 Å². The minimum absolute atomic E-state index is 0.0541. The van der Waals surface area contributed by atoms with Crippen molar-refractivity contribution in [3.63, 3.8) is 0 Å². The van der Waals surface area contributed by atoms with Crippen molar-refractivity contribution in [2.45, 2.75) is 26.4 Å². The highest BCUT2D eigenvalue weighted by Gasteiger charge is 2.30. The first-order chi connectivity index (χ1) is 12.8. The molecule has 0 saturated heterocycles. The van der Waals surface area contributed by atoms with E-state index in [9.17, 15) is 18.0 Å². The van der Waals surface area contributed by atoms with Crippen LogP contribution in [0.5, 0.6) is 5.75 Å². The molecule has 0 aliphatic carbocycles. The summed E-state index contributed by atoms with van der Waals surface area (Å²) in [6, 6.07) is 10.6. The van der Waals surface area contributed by atoms with Crippen LogP contribution >= 0.6 is 0 Å². The molecule has 1 amide bonds. The normalized spacial score (nSPS) is 10.7. The van der Waals surface area contributed by atoms with Gasteiger partial charge in [0, 0.05) is 5.56 Å². The second-order valence-corrected chi connectivity index (χ2v) is 6.02. The molecule has 0 radical (unpaired) electrons. The Kier molecular flexibility index (Phi) is 6.89. The molecule has 3 nitrogen and oxygen atoms in total. The second-order valence-electron chi connectivity index (χ2n) is 6.02. The van der Waals surface area contributed by atoms with E-state index in [-0.39, 0.29) is 31.0 Å². The molecule has 1 N–H and O–H groups in total. The Bertz CT molecular complexity index is 864. The SMILES string of the molecule is Cc1ccc(C)c(OCCC(=O)NCC#Cc2cccc(C(F)(F)F)c2)c1. The Balaban J connectivity index is 1.77. The molecule has 0 unspecified atom stereocenters. The molecule has 6 heteroatoms. The third kappa shape index (κ3) is 6.70. The van der Waals surface area contributed by atoms with Gasteiger partial charge in [-0.05, 0) is 49.2 Å². The van der Waals surface area contributed by atoms with Crippen molar-refractivity contribution < 1.29 is 22.7 Å². The molecule has 0 spiro atoms. The van der Waals surface area contributed by atoms with Gasteiger partial charge in [0.05, 0.1) is 25.1 Å². The summed E-state index contributed by atoms with van der Waals surface area (Å²) in [6.07, 6.45) is -4.24. The van der Waals surface area contributed by atoms with Crippen LogP contribution in [0.1, 0.15) is 28.7 Å². The van der Waals surface area contributed by atoms with Gasteiger partial charge in [0.2, 0.25) is 5.91 Å². The van der Waals surface area contributed by atoms with Crippen LogP contribution < -0.4 is 10.1 Å². The van der Waals surface area contributed by atoms with Crippen LogP contribution in [-0.4, -0.2) is 19.1 Å². The minimum atomic E-state index is -4.40. The zero-order valence-corrected chi connectivity index (χ0v) is 15.1. The summed E-state index contributed by atoms with van der Waals surface area (Å²) in [5.41, 5.74) is 1.57. The standard InChI is InChI=1S/C21H20F3NO2/c1-15-8-9-16(2)19(13-15)27-12-10-20(26)25-11-4-6-17-5-3-7-18(14-17)21(22,23)24/h3,5,7-9,13-14H,10-12H2,1-2H3,(H,25,26). The van der Waals surface area contributed by atoms with Gasteiger partial charge in [-0.1, -0.05) is 30.0 Å². The smallest absolute Gasteiger partial charge is 0.416 e. The van der Waals surface area contributed by atoms with Crippen molar-refractivity contribution >= 4 is 5.91 Å². The first-order valence-corrected chi connectivity index (χ1v) is 8.38. The van der Waals surface area contributed by atoms with Gasteiger partial charge in [0.15, 0.2) is 0 Å². The number of benzene rings is 2. The maximum atomic E-state index is 12.6. The average molecular weight is 375 g/mol. The third-order valence-electron chi connectivity index (χ3n) is 3.73. The molecule has 2 aromatic carbocycles. The summed E-state index contributed by atoms with van der Waals surface area (Å²) in [4.78, 5) is 11.8. The summed E-state index contributed by atoms with van der Waals surface area (Å²) in [7, 11) is 0. The number of amides is 1. The van der Waals surface area contributed by atoms with E-state index in [2.05, 4.69) is 17.2 Å². The fourth-order valence-corrected chi connectivity index (χ4v) is 2.27. The number of halogens is 3. The van der Waals surface area contributed by atoms with Gasteiger partial charge in [0.1, 0.15) is 5.75 Å². The highest BCUT2D eigenvalue weighted by molar-refractivity contribution is 5.76. The van der Waals surface area contributed by atoms with Gasteiger partial charge in [-0.25, -0.2) is 0 Å². The molecule has 2 aromatic rings. The number of rotatable bonds is 5. The van der Waals surface area contributed by atoms with Crippen molar-refractivity contribution in [2.75, 3.05) is 13.2 Å². The number of hydrogen-bond acceptors (Lipinski definition) is 2. The molecule has 0 saturated carbocycles. The van der Waals surface area contributed by atoms with E-state index in [0.29, 0.717) is 0 Å². The highest BCUT2D eigenvalue weighted by Crippen LogP contribution is 2.29. The average Bonchev–Trinajstić information content (AvgIpc) is 2.61. The van der Waals surface area contributed by atoms with Crippen molar-refractivity contribution in [3.05, 3.63) is 64.7 Å². The topological polar surface area (TPSA) is 38.3 Å². The maximum absolute atomic E-state index is 12.6. The number of ether oxygens (including phenoxy) is 1. The van der Waals surface area contributed by atoms with Crippen LogP contribution in [0.4, 0.5) is 13.2 Å². The molecule has 0 bridgehead atoms. The summed E-state index contributed by atoms with van der Waals surface area (Å²) in [5.74, 6) is 5.76. The Hall–Kier alpha value is -2.94. The van der Waals surface area contributed by atoms with E-state index >= 15 is 0 Å². The lowest BCUT2D eigenvalue weighted by Gasteiger charge is -2.09. The molecule has 0 heterocycles.